The van der Waals surface area contributed by atoms with Crippen LogP contribution in [0.5, 0.6) is 0 Å². The van der Waals surface area contributed by atoms with Crippen molar-refractivity contribution in [3.8, 4) is 33.4 Å². The van der Waals surface area contributed by atoms with E-state index in [1.165, 1.54) is 100 Å². The van der Waals surface area contributed by atoms with Crippen LogP contribution in [-0.2, 0) is 37.0 Å². The van der Waals surface area contributed by atoms with Crippen molar-refractivity contribution in [2.45, 2.75) is 105 Å². The fourth-order valence-corrected chi connectivity index (χ4v) is 9.81. The van der Waals surface area contributed by atoms with E-state index < -0.39 is 0 Å². The molecule has 0 fully saturated rings. The average Bonchev–Trinajstić information content (AvgIpc) is 3.98. The maximum absolute atomic E-state index is 3.31. The normalized spacial score (nSPS) is 13.0. The second kappa shape index (κ2) is 19.1. The molecule has 0 aliphatic carbocycles. The molecule has 8 aromatic rings. The van der Waals surface area contributed by atoms with Crippen molar-refractivity contribution in [2.24, 2.45) is 0 Å². The zero-order valence-corrected chi connectivity index (χ0v) is 41.0. The van der Waals surface area contributed by atoms with E-state index in [0.717, 1.165) is 9.52 Å². The first kappa shape index (κ1) is 45.2. The Balaban J connectivity index is 0.000000155. The molecule has 301 valence electrons. The average molecular weight is 877 g/mol. The molecular weight excluding hydrogens is 816 g/mol. The molecule has 2 unspecified atom stereocenters. The van der Waals surface area contributed by atoms with Crippen LogP contribution in [-0.4, -0.2) is 9.52 Å². The van der Waals surface area contributed by atoms with E-state index in [1.807, 2.05) is 6.07 Å². The molecule has 0 saturated heterocycles. The Morgan fingerprint density at radius 1 is 0.500 bits per heavy atom. The van der Waals surface area contributed by atoms with Gasteiger partial charge in [-0.25, -0.2) is 0 Å². The first-order chi connectivity index (χ1) is 28.3. The molecule has 0 N–H and O–H groups in total. The maximum Gasteiger partial charge on any atom is 3.00 e. The molecule has 0 amide bonds. The Morgan fingerprint density at radius 2 is 0.917 bits per heavy atom. The van der Waals surface area contributed by atoms with Gasteiger partial charge in [-0.05, 0) is 44.9 Å². The van der Waals surface area contributed by atoms with E-state index in [-0.39, 0.29) is 37.0 Å². The number of hydrogen-bond acceptors (Lipinski definition) is 0. The molecule has 1 heterocycles. The smallest absolute Gasteiger partial charge is 0.184 e. The van der Waals surface area contributed by atoms with Gasteiger partial charge in [0, 0.05) is 0 Å². The van der Waals surface area contributed by atoms with Gasteiger partial charge in [-0.1, -0.05) is 189 Å². The third kappa shape index (κ3) is 9.72. The van der Waals surface area contributed by atoms with Crippen molar-refractivity contribution in [1.82, 2.24) is 0 Å². The van der Waals surface area contributed by atoms with Gasteiger partial charge in [0.25, 0.3) is 0 Å². The summed E-state index contributed by atoms with van der Waals surface area (Å²) < 4.78 is 0. The second-order valence-electron chi connectivity index (χ2n) is 18.5. The summed E-state index contributed by atoms with van der Waals surface area (Å²) >= 11 is 0. The Bertz CT molecular complexity index is 2490. The maximum atomic E-state index is 3.31. The van der Waals surface area contributed by atoms with Crippen molar-refractivity contribution >= 4 is 41.4 Å². The van der Waals surface area contributed by atoms with Crippen LogP contribution < -0.4 is 10.4 Å². The van der Waals surface area contributed by atoms with Gasteiger partial charge in [-0.3, -0.25) is 0 Å². The Labute approximate surface area is 383 Å². The van der Waals surface area contributed by atoms with E-state index in [2.05, 4.69) is 221 Å². The topological polar surface area (TPSA) is 0 Å². The molecule has 9 rings (SSSR count). The van der Waals surface area contributed by atoms with Gasteiger partial charge in [0.15, 0.2) is 0 Å². The van der Waals surface area contributed by atoms with Gasteiger partial charge in [0.1, 0.15) is 0 Å². The third-order valence-electron chi connectivity index (χ3n) is 12.3. The molecule has 0 nitrogen and oxygen atoms in total. The van der Waals surface area contributed by atoms with Gasteiger partial charge >= 0.3 is 26.2 Å². The molecule has 0 saturated carbocycles. The summed E-state index contributed by atoms with van der Waals surface area (Å²) in [5.41, 5.74) is 14.3. The van der Waals surface area contributed by atoms with E-state index in [9.17, 15) is 0 Å². The van der Waals surface area contributed by atoms with E-state index >= 15 is 0 Å². The van der Waals surface area contributed by atoms with Crippen LogP contribution in [0.3, 0.4) is 0 Å². The molecule has 60 heavy (non-hydrogen) atoms. The fourth-order valence-electron chi connectivity index (χ4n) is 8.50. The molecule has 3 radical (unpaired) electrons. The van der Waals surface area contributed by atoms with Crippen molar-refractivity contribution in [3.05, 3.63) is 180 Å². The van der Waals surface area contributed by atoms with Crippen LogP contribution >= 0.6 is 0 Å². The standard InChI is InChI=1S/2C23H27.C12H7Si.Zr/c2*1-6-16(2)18-14-17-10-9-12-19(21(17)15-18)20-11-7-8-13-22(20)23(3,4)5;1-3-7-11-9(5-1)10-6-2-4-8-12(10)13-11;/h2*7-16H,6H2,1-5H3;1-7H;/q3*-1;+3. The molecular formula is C58H61SiZr. The fraction of sp³-hybridized carbons (Fsp3) is 0.276. The second-order valence-corrected chi connectivity index (χ2v) is 19.8. The number of fused-ring (bicyclic) bond motifs is 5. The molecule has 0 spiro atoms. The zero-order valence-electron chi connectivity index (χ0n) is 37.5. The molecule has 0 aromatic heterocycles. The van der Waals surface area contributed by atoms with E-state index in [0.29, 0.717) is 11.8 Å². The van der Waals surface area contributed by atoms with Gasteiger partial charge < -0.3 is 0 Å². The van der Waals surface area contributed by atoms with E-state index in [4.69, 9.17) is 0 Å². The van der Waals surface area contributed by atoms with Crippen molar-refractivity contribution in [1.29, 1.82) is 0 Å². The Kier molecular flexibility index (Phi) is 14.4. The quantitative estimate of drug-likeness (QED) is 0.115. The first-order valence-corrected chi connectivity index (χ1v) is 22.7. The molecule has 1 aliphatic heterocycles. The molecule has 0 bridgehead atoms. The van der Waals surface area contributed by atoms with Crippen molar-refractivity contribution in [3.63, 3.8) is 0 Å². The largest absolute Gasteiger partial charge is 3.00 e. The van der Waals surface area contributed by atoms with E-state index in [1.54, 1.807) is 0 Å². The summed E-state index contributed by atoms with van der Waals surface area (Å²) in [7, 11) is 0.795. The van der Waals surface area contributed by atoms with Gasteiger partial charge in [-0.2, -0.15) is 41.6 Å². The van der Waals surface area contributed by atoms with Crippen LogP contribution in [0.2, 0.25) is 0 Å². The zero-order chi connectivity index (χ0) is 41.9. The van der Waals surface area contributed by atoms with Crippen LogP contribution in [0.25, 0.3) is 54.9 Å². The summed E-state index contributed by atoms with van der Waals surface area (Å²) in [5.74, 6) is 1.24. The summed E-state index contributed by atoms with van der Waals surface area (Å²) in [5, 5.41) is 8.32. The first-order valence-electron chi connectivity index (χ1n) is 21.7. The molecule has 2 atom stereocenters. The van der Waals surface area contributed by atoms with Crippen molar-refractivity contribution in [2.75, 3.05) is 0 Å². The summed E-state index contributed by atoms with van der Waals surface area (Å²) in [6.45, 7) is 22.9. The van der Waals surface area contributed by atoms with Crippen LogP contribution in [0.15, 0.2) is 152 Å². The SMILES string of the molecule is CCC(C)c1cc2c(-c3ccccc3C(C)(C)C)cccc2[cH-]1.CCC(C)c1cc2c(-c3ccccc3C(C)(C)C)cccc2[cH-]1.[Zr+3].[c-]1cccc2c1[Si]c1ccccc1-2. The minimum absolute atomic E-state index is 0. The van der Waals surface area contributed by atoms with Gasteiger partial charge in [0.2, 0.25) is 0 Å². The summed E-state index contributed by atoms with van der Waals surface area (Å²) in [6, 6.07) is 58.8. The number of benzene rings is 6. The Morgan fingerprint density at radius 3 is 1.38 bits per heavy atom. The Hall–Kier alpha value is -4.36. The molecule has 1 aliphatic rings. The minimum atomic E-state index is 0. The van der Waals surface area contributed by atoms with Crippen LogP contribution in [0.4, 0.5) is 0 Å². The molecule has 8 aromatic carbocycles. The third-order valence-corrected chi connectivity index (χ3v) is 13.7. The predicted octanol–water partition coefficient (Wildman–Crippen LogP) is 15.2. The monoisotopic (exact) mass is 875 g/mol. The predicted molar refractivity (Wildman–Crippen MR) is 261 cm³/mol. The number of rotatable bonds is 6. The van der Waals surface area contributed by atoms with Crippen LogP contribution in [0.1, 0.15) is 116 Å². The summed E-state index contributed by atoms with van der Waals surface area (Å²) in [6.07, 6.45) is 2.37. The van der Waals surface area contributed by atoms with Gasteiger partial charge in [0.05, 0.1) is 9.52 Å². The summed E-state index contributed by atoms with van der Waals surface area (Å²) in [4.78, 5) is 0. The minimum Gasteiger partial charge on any atom is -0.184 e. The van der Waals surface area contributed by atoms with Crippen LogP contribution in [0, 0.1) is 6.07 Å². The number of hydrogen-bond donors (Lipinski definition) is 0. The van der Waals surface area contributed by atoms with Crippen molar-refractivity contribution < 1.29 is 26.2 Å². The molecule has 2 heteroatoms. The van der Waals surface area contributed by atoms with Gasteiger partial charge in [-0.15, -0.1) is 74.6 Å².